The van der Waals surface area contributed by atoms with Gasteiger partial charge in [-0.15, -0.1) is 0 Å². The lowest BCUT2D eigenvalue weighted by Gasteiger charge is -2.06. The first-order valence-electron chi connectivity index (χ1n) is 7.12. The van der Waals surface area contributed by atoms with Gasteiger partial charge in [-0.2, -0.15) is 0 Å². The molecule has 120 valence electrons. The second-order valence-electron chi connectivity index (χ2n) is 5.13. The highest BCUT2D eigenvalue weighted by atomic mass is 35.5. The van der Waals surface area contributed by atoms with Crippen LogP contribution in [-0.4, -0.2) is 20.9 Å². The van der Waals surface area contributed by atoms with Gasteiger partial charge in [0.05, 0.1) is 0 Å². The number of carbonyl (C=O) groups excluding carboxylic acids is 1. The fourth-order valence-corrected chi connectivity index (χ4v) is 2.31. The average molecular weight is 341 g/mol. The molecule has 2 N–H and O–H groups in total. The van der Waals surface area contributed by atoms with Gasteiger partial charge in [-0.25, -0.2) is 4.98 Å². The van der Waals surface area contributed by atoms with Crippen molar-refractivity contribution in [3.8, 4) is 11.4 Å². The van der Waals surface area contributed by atoms with E-state index in [0.717, 1.165) is 5.56 Å². The van der Waals surface area contributed by atoms with Crippen LogP contribution in [-0.2, 0) is 0 Å². The molecule has 0 fully saturated rings. The number of nitrogens with one attached hydrogen (secondary N) is 2. The Labute approximate surface area is 142 Å². The summed E-state index contributed by atoms with van der Waals surface area (Å²) in [6.07, 6.45) is 1.47. The minimum absolute atomic E-state index is 0.207. The van der Waals surface area contributed by atoms with E-state index in [1.54, 1.807) is 37.3 Å². The third kappa shape index (κ3) is 3.67. The molecular formula is C17H13ClN4O2. The Morgan fingerprint density at radius 3 is 2.58 bits per heavy atom. The highest BCUT2D eigenvalue weighted by molar-refractivity contribution is 6.30. The van der Waals surface area contributed by atoms with Crippen LogP contribution in [0.4, 0.5) is 5.69 Å². The highest BCUT2D eigenvalue weighted by Gasteiger charge is 2.09. The zero-order chi connectivity index (χ0) is 17.1. The molecular weight excluding hydrogens is 328 g/mol. The maximum atomic E-state index is 12.1. The van der Waals surface area contributed by atoms with E-state index in [-0.39, 0.29) is 17.2 Å². The van der Waals surface area contributed by atoms with Crippen molar-refractivity contribution in [3.05, 3.63) is 75.4 Å². The number of aromatic amines is 1. The van der Waals surface area contributed by atoms with Crippen molar-refractivity contribution in [2.24, 2.45) is 0 Å². The molecule has 0 unspecified atom stereocenters. The predicted octanol–water partition coefficient (Wildman–Crippen LogP) is 3.05. The van der Waals surface area contributed by atoms with Gasteiger partial charge >= 0.3 is 0 Å². The topological polar surface area (TPSA) is 87.7 Å². The number of H-pyrrole nitrogens is 1. The number of rotatable bonds is 3. The van der Waals surface area contributed by atoms with E-state index in [1.165, 1.54) is 18.3 Å². The molecule has 0 aliphatic rings. The van der Waals surface area contributed by atoms with Gasteiger partial charge in [0, 0.05) is 34.2 Å². The number of carbonyl (C=O) groups is 1. The summed E-state index contributed by atoms with van der Waals surface area (Å²) in [5, 5.41) is 3.18. The maximum Gasteiger partial charge on any atom is 0.274 e. The minimum atomic E-state index is -0.354. The van der Waals surface area contributed by atoms with Crippen molar-refractivity contribution >= 4 is 23.2 Å². The first-order chi connectivity index (χ1) is 11.5. The smallest absolute Gasteiger partial charge is 0.274 e. The lowest BCUT2D eigenvalue weighted by atomic mass is 10.2. The van der Waals surface area contributed by atoms with Gasteiger partial charge in [-0.3, -0.25) is 14.6 Å². The van der Waals surface area contributed by atoms with E-state index < -0.39 is 0 Å². The number of aryl methyl sites for hydroxylation is 1. The molecule has 0 spiro atoms. The van der Waals surface area contributed by atoms with Gasteiger partial charge < -0.3 is 10.3 Å². The van der Waals surface area contributed by atoms with Crippen molar-refractivity contribution in [3.63, 3.8) is 0 Å². The molecule has 1 aromatic carbocycles. The molecule has 3 aromatic rings. The Hall–Kier alpha value is -2.99. The van der Waals surface area contributed by atoms with E-state index in [0.29, 0.717) is 22.2 Å². The Morgan fingerprint density at radius 2 is 1.92 bits per heavy atom. The summed E-state index contributed by atoms with van der Waals surface area (Å²) in [4.78, 5) is 34.6. The molecule has 0 aliphatic carbocycles. The number of anilines is 1. The van der Waals surface area contributed by atoms with Gasteiger partial charge in [-0.1, -0.05) is 11.6 Å². The van der Waals surface area contributed by atoms with Crippen LogP contribution in [0.25, 0.3) is 11.4 Å². The largest absolute Gasteiger partial charge is 0.321 e. The number of benzene rings is 1. The van der Waals surface area contributed by atoms with Gasteiger partial charge in [-0.05, 0) is 43.3 Å². The van der Waals surface area contributed by atoms with Crippen LogP contribution in [0.5, 0.6) is 0 Å². The number of pyridine rings is 1. The first-order valence-corrected chi connectivity index (χ1v) is 7.50. The summed E-state index contributed by atoms with van der Waals surface area (Å²) in [5.41, 5.74) is 2.01. The lowest BCUT2D eigenvalue weighted by molar-refractivity contribution is 0.102. The third-order valence-electron chi connectivity index (χ3n) is 3.24. The zero-order valence-electron chi connectivity index (χ0n) is 12.7. The Balaban J connectivity index is 1.79. The van der Waals surface area contributed by atoms with Crippen LogP contribution in [0.2, 0.25) is 5.02 Å². The quantitative estimate of drug-likeness (QED) is 0.767. The number of hydrogen-bond acceptors (Lipinski definition) is 4. The molecule has 24 heavy (non-hydrogen) atoms. The maximum absolute atomic E-state index is 12.1. The lowest BCUT2D eigenvalue weighted by Crippen LogP contribution is -2.13. The van der Waals surface area contributed by atoms with Gasteiger partial charge in [0.2, 0.25) is 0 Å². The zero-order valence-corrected chi connectivity index (χ0v) is 13.5. The van der Waals surface area contributed by atoms with Crippen LogP contribution < -0.4 is 10.9 Å². The van der Waals surface area contributed by atoms with E-state index in [1.807, 2.05) is 0 Å². The van der Waals surface area contributed by atoms with Crippen LogP contribution in [0.15, 0.2) is 53.5 Å². The highest BCUT2D eigenvalue weighted by Crippen LogP contribution is 2.18. The van der Waals surface area contributed by atoms with Crippen molar-refractivity contribution in [2.45, 2.75) is 6.92 Å². The predicted molar refractivity (Wildman–Crippen MR) is 92.2 cm³/mol. The molecule has 0 bridgehead atoms. The molecule has 0 radical (unpaired) electrons. The van der Waals surface area contributed by atoms with Crippen molar-refractivity contribution < 1.29 is 4.79 Å². The molecule has 7 heteroatoms. The number of amides is 1. The normalized spacial score (nSPS) is 10.4. The summed E-state index contributed by atoms with van der Waals surface area (Å²) in [6.45, 7) is 1.76. The molecule has 0 aliphatic heterocycles. The first kappa shape index (κ1) is 15.9. The number of nitrogens with zero attached hydrogens (tertiary/aromatic N) is 2. The Kier molecular flexibility index (Phi) is 4.39. The van der Waals surface area contributed by atoms with E-state index >= 15 is 0 Å². The van der Waals surface area contributed by atoms with Crippen molar-refractivity contribution in [2.75, 3.05) is 5.32 Å². The second-order valence-corrected chi connectivity index (χ2v) is 5.56. The van der Waals surface area contributed by atoms with Gasteiger partial charge in [0.1, 0.15) is 11.5 Å². The van der Waals surface area contributed by atoms with E-state index in [9.17, 15) is 9.59 Å². The summed E-state index contributed by atoms with van der Waals surface area (Å²) in [7, 11) is 0. The Morgan fingerprint density at radius 1 is 1.17 bits per heavy atom. The third-order valence-corrected chi connectivity index (χ3v) is 3.48. The number of hydrogen-bond donors (Lipinski definition) is 2. The molecule has 3 rings (SSSR count). The molecule has 2 heterocycles. The van der Waals surface area contributed by atoms with Crippen LogP contribution in [0.3, 0.4) is 0 Å². The summed E-state index contributed by atoms with van der Waals surface area (Å²) < 4.78 is 0. The van der Waals surface area contributed by atoms with Gasteiger partial charge in [0.15, 0.2) is 0 Å². The fourth-order valence-electron chi connectivity index (χ4n) is 2.15. The van der Waals surface area contributed by atoms with Crippen molar-refractivity contribution in [1.29, 1.82) is 0 Å². The van der Waals surface area contributed by atoms with Crippen molar-refractivity contribution in [1.82, 2.24) is 15.0 Å². The van der Waals surface area contributed by atoms with E-state index in [2.05, 4.69) is 20.3 Å². The van der Waals surface area contributed by atoms with Crippen LogP contribution >= 0.6 is 11.6 Å². The summed E-state index contributed by atoms with van der Waals surface area (Å²) in [5.74, 6) is 0.127. The Bertz CT molecular complexity index is 951. The number of halogens is 1. The minimum Gasteiger partial charge on any atom is -0.321 e. The molecule has 6 nitrogen and oxygen atoms in total. The monoisotopic (exact) mass is 340 g/mol. The van der Waals surface area contributed by atoms with Gasteiger partial charge in [0.25, 0.3) is 11.5 Å². The van der Waals surface area contributed by atoms with E-state index in [4.69, 9.17) is 11.6 Å². The number of aromatic nitrogens is 3. The SMILES string of the molecule is Cc1cc(=O)[nH]c(-c2ccc(NC(=O)c3cc(Cl)ccn3)cc2)n1. The van der Waals surface area contributed by atoms with Crippen LogP contribution in [0, 0.1) is 6.92 Å². The second kappa shape index (κ2) is 6.64. The summed E-state index contributed by atoms with van der Waals surface area (Å²) in [6, 6.07) is 11.5. The molecule has 1 amide bonds. The summed E-state index contributed by atoms with van der Waals surface area (Å²) >= 11 is 5.85. The van der Waals surface area contributed by atoms with Crippen LogP contribution in [0.1, 0.15) is 16.2 Å². The standard InChI is InChI=1S/C17H13ClN4O2/c1-10-8-15(23)22-16(20-10)11-2-4-13(5-3-11)21-17(24)14-9-12(18)6-7-19-14/h2-9H,1H3,(H,21,24)(H,20,22,23). The molecule has 2 aromatic heterocycles. The fraction of sp³-hybridized carbons (Fsp3) is 0.0588. The molecule has 0 saturated heterocycles. The molecule has 0 saturated carbocycles. The molecule has 0 atom stereocenters. The average Bonchev–Trinajstić information content (AvgIpc) is 2.54.